The van der Waals surface area contributed by atoms with E-state index in [1.54, 1.807) is 0 Å². The van der Waals surface area contributed by atoms with Crippen LogP contribution in [0.15, 0.2) is 0 Å². The molecule has 0 aromatic carbocycles. The van der Waals surface area contributed by atoms with E-state index in [1.165, 1.54) is 77.3 Å². The van der Waals surface area contributed by atoms with Gasteiger partial charge >= 0.3 is 0 Å². The normalized spacial score (nSPS) is 40.8. The first-order chi connectivity index (χ1) is 11.9. The molecule has 4 fully saturated rings. The summed E-state index contributed by atoms with van der Waals surface area (Å²) >= 11 is 0. The molecule has 2 aliphatic heterocycles. The smallest absolute Gasteiger partial charge is 0.147 e. The topological polar surface area (TPSA) is 30.9 Å². The molecule has 0 N–H and O–H groups in total. The second-order valence-electron chi connectivity index (χ2n) is 8.51. The molecule has 0 radical (unpaired) electrons. The van der Waals surface area contributed by atoms with E-state index in [-0.39, 0.29) is 0 Å². The Kier molecular flexibility index (Phi) is 6.10. The number of fused-ring (bicyclic) bond motifs is 1. The van der Waals surface area contributed by atoms with Crippen molar-refractivity contribution >= 4 is 0 Å². The van der Waals surface area contributed by atoms with E-state index in [1.807, 2.05) is 0 Å². The summed E-state index contributed by atoms with van der Waals surface area (Å²) in [4.78, 5) is 2.55. The van der Waals surface area contributed by atoms with Crippen LogP contribution >= 0.6 is 0 Å². The van der Waals surface area contributed by atoms with Crippen LogP contribution in [0.4, 0.5) is 0 Å². The first-order valence-corrected chi connectivity index (χ1v) is 10.4. The Morgan fingerprint density at radius 1 is 0.833 bits per heavy atom. The molecule has 2 heterocycles. The molecule has 2 aliphatic carbocycles. The molecule has 4 heteroatoms. The average molecular weight is 338 g/mol. The number of rotatable bonds is 6. The van der Waals surface area contributed by atoms with Gasteiger partial charge in [0.2, 0.25) is 0 Å². The third-order valence-electron chi connectivity index (χ3n) is 6.82. The lowest BCUT2D eigenvalue weighted by molar-refractivity contribution is 0.00403. The van der Waals surface area contributed by atoms with Gasteiger partial charge in [0.1, 0.15) is 6.79 Å². The van der Waals surface area contributed by atoms with E-state index in [4.69, 9.17) is 14.2 Å². The van der Waals surface area contributed by atoms with E-state index in [0.717, 1.165) is 25.0 Å². The lowest BCUT2D eigenvalue weighted by Crippen LogP contribution is -2.33. The molecular formula is C20H35NO3. The van der Waals surface area contributed by atoms with Gasteiger partial charge in [0.15, 0.2) is 0 Å². The molecule has 2 saturated carbocycles. The summed E-state index contributed by atoms with van der Waals surface area (Å²) < 4.78 is 17.5. The van der Waals surface area contributed by atoms with E-state index < -0.39 is 0 Å². The lowest BCUT2D eigenvalue weighted by atomic mass is 9.76. The fourth-order valence-electron chi connectivity index (χ4n) is 5.34. The Bertz CT molecular complexity index is 377. The Balaban J connectivity index is 1.10. The van der Waals surface area contributed by atoms with Crippen LogP contribution in [0.3, 0.4) is 0 Å². The lowest BCUT2D eigenvalue weighted by Gasteiger charge is -2.34. The van der Waals surface area contributed by atoms with E-state index in [2.05, 4.69) is 4.90 Å². The summed E-state index contributed by atoms with van der Waals surface area (Å²) in [7, 11) is 0. The van der Waals surface area contributed by atoms with Crippen molar-refractivity contribution in [2.45, 2.75) is 82.5 Å². The van der Waals surface area contributed by atoms with Crippen molar-refractivity contribution in [2.24, 2.45) is 11.8 Å². The molecule has 24 heavy (non-hydrogen) atoms. The summed E-state index contributed by atoms with van der Waals surface area (Å²) in [5.41, 5.74) is 0. The summed E-state index contributed by atoms with van der Waals surface area (Å²) in [5, 5.41) is 0. The maximum absolute atomic E-state index is 6.16. The molecule has 0 spiro atoms. The quantitative estimate of drug-likeness (QED) is 0.741. The highest BCUT2D eigenvalue weighted by Crippen LogP contribution is 2.38. The van der Waals surface area contributed by atoms with Crippen LogP contribution in [0, 0.1) is 11.8 Å². The Labute approximate surface area is 147 Å². The minimum Gasteiger partial charge on any atom is -0.377 e. The fourth-order valence-corrected chi connectivity index (χ4v) is 5.34. The van der Waals surface area contributed by atoms with Crippen LogP contribution in [-0.4, -0.2) is 56.2 Å². The molecule has 0 aromatic rings. The summed E-state index contributed by atoms with van der Waals surface area (Å²) in [5.74, 6) is 1.79. The van der Waals surface area contributed by atoms with Gasteiger partial charge in [-0.2, -0.15) is 0 Å². The maximum atomic E-state index is 6.16. The Hall–Kier alpha value is -0.160. The molecular weight excluding hydrogens is 302 g/mol. The van der Waals surface area contributed by atoms with Crippen molar-refractivity contribution in [3.8, 4) is 0 Å². The minimum absolute atomic E-state index is 0.397. The Morgan fingerprint density at radius 3 is 2.42 bits per heavy atom. The molecule has 3 unspecified atom stereocenters. The molecule has 0 bridgehead atoms. The number of hydrogen-bond donors (Lipinski definition) is 0. The van der Waals surface area contributed by atoms with Crippen LogP contribution in [-0.2, 0) is 14.2 Å². The largest absolute Gasteiger partial charge is 0.377 e. The van der Waals surface area contributed by atoms with Crippen molar-refractivity contribution in [1.29, 1.82) is 0 Å². The zero-order valence-electron chi connectivity index (χ0n) is 15.2. The van der Waals surface area contributed by atoms with Crippen molar-refractivity contribution in [1.82, 2.24) is 4.90 Å². The van der Waals surface area contributed by atoms with Crippen molar-refractivity contribution < 1.29 is 14.2 Å². The maximum Gasteiger partial charge on any atom is 0.147 e. The number of ether oxygens (including phenoxy) is 3. The first-order valence-electron chi connectivity index (χ1n) is 10.4. The van der Waals surface area contributed by atoms with Gasteiger partial charge in [0, 0.05) is 6.54 Å². The third kappa shape index (κ3) is 4.51. The van der Waals surface area contributed by atoms with E-state index in [9.17, 15) is 0 Å². The van der Waals surface area contributed by atoms with Crippen LogP contribution in [0.2, 0.25) is 0 Å². The molecule has 138 valence electrons. The van der Waals surface area contributed by atoms with Crippen molar-refractivity contribution in [3.63, 3.8) is 0 Å². The van der Waals surface area contributed by atoms with Crippen LogP contribution < -0.4 is 0 Å². The van der Waals surface area contributed by atoms with Crippen LogP contribution in [0.1, 0.15) is 64.2 Å². The molecule has 0 amide bonds. The van der Waals surface area contributed by atoms with Crippen molar-refractivity contribution in [2.75, 3.05) is 33.0 Å². The zero-order valence-corrected chi connectivity index (χ0v) is 15.2. The summed E-state index contributed by atoms with van der Waals surface area (Å²) in [6.07, 6.45) is 14.6. The SMILES string of the molecule is C1CCN(CCOC2CCC(CC3CCC4OCOC4C3)CC2)C1. The van der Waals surface area contributed by atoms with Gasteiger partial charge in [-0.3, -0.25) is 0 Å². The summed E-state index contributed by atoms with van der Waals surface area (Å²) in [6.45, 7) is 5.19. The van der Waals surface area contributed by atoms with Gasteiger partial charge in [0.25, 0.3) is 0 Å². The number of nitrogens with zero attached hydrogens (tertiary/aromatic N) is 1. The second-order valence-corrected chi connectivity index (χ2v) is 8.51. The first kappa shape index (κ1) is 17.3. The van der Waals surface area contributed by atoms with Gasteiger partial charge in [-0.05, 0) is 89.1 Å². The van der Waals surface area contributed by atoms with Crippen LogP contribution in [0.25, 0.3) is 0 Å². The number of likely N-dealkylation sites (tertiary alicyclic amines) is 1. The monoisotopic (exact) mass is 337 g/mol. The third-order valence-corrected chi connectivity index (χ3v) is 6.82. The van der Waals surface area contributed by atoms with Gasteiger partial charge in [-0.15, -0.1) is 0 Å². The van der Waals surface area contributed by atoms with Gasteiger partial charge in [0.05, 0.1) is 24.9 Å². The number of hydrogen-bond acceptors (Lipinski definition) is 4. The highest BCUT2D eigenvalue weighted by molar-refractivity contribution is 4.85. The zero-order chi connectivity index (χ0) is 16.2. The summed E-state index contributed by atoms with van der Waals surface area (Å²) in [6, 6.07) is 0. The molecule has 3 atom stereocenters. The van der Waals surface area contributed by atoms with Gasteiger partial charge in [-0.1, -0.05) is 0 Å². The highest BCUT2D eigenvalue weighted by atomic mass is 16.7. The molecule has 4 aliphatic rings. The Morgan fingerprint density at radius 2 is 1.58 bits per heavy atom. The fraction of sp³-hybridized carbons (Fsp3) is 1.00. The van der Waals surface area contributed by atoms with Gasteiger partial charge in [-0.25, -0.2) is 0 Å². The van der Waals surface area contributed by atoms with Crippen molar-refractivity contribution in [3.05, 3.63) is 0 Å². The average Bonchev–Trinajstić information content (AvgIpc) is 3.27. The molecule has 0 aromatic heterocycles. The minimum atomic E-state index is 0.397. The van der Waals surface area contributed by atoms with E-state index in [0.29, 0.717) is 25.1 Å². The second kappa shape index (κ2) is 8.48. The standard InChI is InChI=1S/C20H35NO3/c1-2-10-21(9-1)11-12-22-18-6-3-16(4-7-18)13-17-5-8-19-20(14-17)24-15-23-19/h16-20H,1-15H2. The molecule has 2 saturated heterocycles. The van der Waals surface area contributed by atoms with E-state index >= 15 is 0 Å². The van der Waals surface area contributed by atoms with Gasteiger partial charge < -0.3 is 19.1 Å². The predicted molar refractivity (Wildman–Crippen MR) is 93.9 cm³/mol. The molecule has 4 nitrogen and oxygen atoms in total. The van der Waals surface area contributed by atoms with Crippen LogP contribution in [0.5, 0.6) is 0 Å². The predicted octanol–water partition coefficient (Wildman–Crippen LogP) is 3.59. The highest BCUT2D eigenvalue weighted by Gasteiger charge is 2.37. The molecule has 4 rings (SSSR count).